The SMILES string of the molecule is CC(Sc1ccc(Br)cc1)C(=O)NCCCS(=O)(=O)c1ccccc1. The van der Waals surface area contributed by atoms with Gasteiger partial charge in [-0.1, -0.05) is 34.1 Å². The maximum absolute atomic E-state index is 12.2. The smallest absolute Gasteiger partial charge is 0.233 e. The minimum atomic E-state index is -3.29. The van der Waals surface area contributed by atoms with Gasteiger partial charge in [-0.3, -0.25) is 4.79 Å². The summed E-state index contributed by atoms with van der Waals surface area (Å²) in [5.74, 6) is -0.0732. The topological polar surface area (TPSA) is 63.2 Å². The lowest BCUT2D eigenvalue weighted by molar-refractivity contribution is -0.120. The minimum absolute atomic E-state index is 0.0194. The highest BCUT2D eigenvalue weighted by atomic mass is 79.9. The highest BCUT2D eigenvalue weighted by molar-refractivity contribution is 9.10. The largest absolute Gasteiger partial charge is 0.355 e. The Labute approximate surface area is 161 Å². The number of carbonyl (C=O) groups excluding carboxylic acids is 1. The van der Waals surface area contributed by atoms with Crippen molar-refractivity contribution in [3.8, 4) is 0 Å². The monoisotopic (exact) mass is 441 g/mol. The van der Waals surface area contributed by atoms with Gasteiger partial charge in [0, 0.05) is 15.9 Å². The summed E-state index contributed by atoms with van der Waals surface area (Å²) < 4.78 is 25.3. The second-order valence-corrected chi connectivity index (χ2v) is 9.93. The van der Waals surface area contributed by atoms with Gasteiger partial charge in [0.2, 0.25) is 5.91 Å². The van der Waals surface area contributed by atoms with E-state index >= 15 is 0 Å². The number of thioether (sulfide) groups is 1. The summed E-state index contributed by atoms with van der Waals surface area (Å²) >= 11 is 4.85. The van der Waals surface area contributed by atoms with Crippen LogP contribution < -0.4 is 5.32 Å². The fourth-order valence-electron chi connectivity index (χ4n) is 2.13. The van der Waals surface area contributed by atoms with Gasteiger partial charge in [0.15, 0.2) is 9.84 Å². The second-order valence-electron chi connectivity index (χ2n) is 5.49. The van der Waals surface area contributed by atoms with E-state index in [4.69, 9.17) is 0 Å². The number of sulfone groups is 1. The lowest BCUT2D eigenvalue weighted by atomic mass is 10.4. The summed E-state index contributed by atoms with van der Waals surface area (Å²) in [6, 6.07) is 16.1. The molecular weight excluding hydrogens is 422 g/mol. The Morgan fingerprint density at radius 2 is 1.76 bits per heavy atom. The van der Waals surface area contributed by atoms with E-state index in [1.807, 2.05) is 31.2 Å². The van der Waals surface area contributed by atoms with Crippen LogP contribution >= 0.6 is 27.7 Å². The van der Waals surface area contributed by atoms with E-state index in [9.17, 15) is 13.2 Å². The van der Waals surface area contributed by atoms with E-state index in [1.165, 1.54) is 11.8 Å². The average molecular weight is 442 g/mol. The highest BCUT2D eigenvalue weighted by Gasteiger charge is 2.16. The molecule has 0 heterocycles. The van der Waals surface area contributed by atoms with E-state index < -0.39 is 9.84 Å². The first-order chi connectivity index (χ1) is 11.9. The van der Waals surface area contributed by atoms with Crippen molar-refractivity contribution < 1.29 is 13.2 Å². The third-order valence-corrected chi connectivity index (χ3v) is 6.94. The first-order valence-corrected chi connectivity index (χ1v) is 11.2. The van der Waals surface area contributed by atoms with E-state index in [0.29, 0.717) is 17.9 Å². The fourth-order valence-corrected chi connectivity index (χ4v) is 4.62. The molecule has 0 aromatic heterocycles. The molecule has 0 saturated carbocycles. The molecule has 0 radical (unpaired) electrons. The summed E-state index contributed by atoms with van der Waals surface area (Å²) in [5, 5.41) is 2.56. The van der Waals surface area contributed by atoms with Gasteiger partial charge < -0.3 is 5.32 Å². The number of nitrogens with one attached hydrogen (secondary N) is 1. The van der Waals surface area contributed by atoms with Crippen molar-refractivity contribution in [2.75, 3.05) is 12.3 Å². The molecule has 1 amide bonds. The molecule has 0 spiro atoms. The summed E-state index contributed by atoms with van der Waals surface area (Å²) in [4.78, 5) is 13.4. The van der Waals surface area contributed by atoms with Crippen molar-refractivity contribution in [2.45, 2.75) is 28.4 Å². The minimum Gasteiger partial charge on any atom is -0.355 e. The van der Waals surface area contributed by atoms with E-state index in [0.717, 1.165) is 9.37 Å². The molecular formula is C18H20BrNO3S2. The van der Waals surface area contributed by atoms with Crippen LogP contribution in [0.2, 0.25) is 0 Å². The number of rotatable bonds is 8. The molecule has 0 aliphatic rings. The number of hydrogen-bond acceptors (Lipinski definition) is 4. The van der Waals surface area contributed by atoms with Gasteiger partial charge in [-0.25, -0.2) is 8.42 Å². The first kappa shape index (κ1) is 20.0. The van der Waals surface area contributed by atoms with E-state index in [2.05, 4.69) is 21.2 Å². The molecule has 0 saturated heterocycles. The number of halogens is 1. The molecule has 0 aliphatic carbocycles. The predicted molar refractivity (Wildman–Crippen MR) is 106 cm³/mol. The average Bonchev–Trinajstić information content (AvgIpc) is 2.61. The van der Waals surface area contributed by atoms with Gasteiger partial charge in [-0.2, -0.15) is 0 Å². The molecule has 2 rings (SSSR count). The summed E-state index contributed by atoms with van der Waals surface area (Å²) in [6.45, 7) is 2.18. The van der Waals surface area contributed by atoms with Crippen LogP contribution in [0, 0.1) is 0 Å². The van der Waals surface area contributed by atoms with Crippen molar-refractivity contribution in [3.05, 3.63) is 59.1 Å². The molecule has 7 heteroatoms. The van der Waals surface area contributed by atoms with Crippen molar-refractivity contribution >= 4 is 43.4 Å². The molecule has 0 bridgehead atoms. The lowest BCUT2D eigenvalue weighted by Crippen LogP contribution is -2.32. The third kappa shape index (κ3) is 6.49. The maximum atomic E-state index is 12.2. The molecule has 2 aromatic rings. The number of benzene rings is 2. The first-order valence-electron chi connectivity index (χ1n) is 7.86. The number of amides is 1. The zero-order valence-electron chi connectivity index (χ0n) is 13.8. The number of carbonyl (C=O) groups is 1. The molecule has 1 N–H and O–H groups in total. The quantitative estimate of drug-likeness (QED) is 0.498. The zero-order valence-corrected chi connectivity index (χ0v) is 17.0. The standard InChI is InChI=1S/C18H20BrNO3S2/c1-14(24-16-10-8-15(19)9-11-16)18(21)20-12-5-13-25(22,23)17-6-3-2-4-7-17/h2-4,6-11,14H,5,12-13H2,1H3,(H,20,21). The second kappa shape index (κ2) is 9.40. The van der Waals surface area contributed by atoms with Crippen LogP contribution in [0.1, 0.15) is 13.3 Å². The van der Waals surface area contributed by atoms with Crippen molar-refractivity contribution in [3.63, 3.8) is 0 Å². The zero-order chi connectivity index (χ0) is 18.3. The molecule has 25 heavy (non-hydrogen) atoms. The van der Waals surface area contributed by atoms with Crippen LogP contribution in [-0.4, -0.2) is 31.9 Å². The lowest BCUT2D eigenvalue weighted by Gasteiger charge is -2.12. The maximum Gasteiger partial charge on any atom is 0.233 e. The summed E-state index contributed by atoms with van der Waals surface area (Å²) in [7, 11) is -3.29. The molecule has 0 aliphatic heterocycles. The Kier molecular flexibility index (Phi) is 7.53. The Hall–Kier alpha value is -1.31. The molecule has 1 atom stereocenters. The van der Waals surface area contributed by atoms with Gasteiger partial charge in [0.1, 0.15) is 0 Å². The Balaban J connectivity index is 1.75. The van der Waals surface area contributed by atoms with Gasteiger partial charge in [-0.05, 0) is 49.7 Å². The fraction of sp³-hybridized carbons (Fsp3) is 0.278. The van der Waals surface area contributed by atoms with Crippen LogP contribution in [0.25, 0.3) is 0 Å². The number of hydrogen-bond donors (Lipinski definition) is 1. The van der Waals surface area contributed by atoms with Gasteiger partial charge in [-0.15, -0.1) is 11.8 Å². The third-order valence-electron chi connectivity index (χ3n) is 3.49. The summed E-state index contributed by atoms with van der Waals surface area (Å²) in [5.41, 5.74) is 0. The van der Waals surface area contributed by atoms with Crippen molar-refractivity contribution in [2.24, 2.45) is 0 Å². The molecule has 1 unspecified atom stereocenters. The Bertz CT molecular complexity index is 793. The van der Waals surface area contributed by atoms with Crippen LogP contribution in [0.3, 0.4) is 0 Å². The Morgan fingerprint density at radius 3 is 2.40 bits per heavy atom. The Morgan fingerprint density at radius 1 is 1.12 bits per heavy atom. The van der Waals surface area contributed by atoms with Crippen LogP contribution in [0.4, 0.5) is 0 Å². The van der Waals surface area contributed by atoms with Crippen molar-refractivity contribution in [1.29, 1.82) is 0 Å². The van der Waals surface area contributed by atoms with E-state index in [1.54, 1.807) is 30.3 Å². The normalized spacial score (nSPS) is 12.6. The molecule has 2 aromatic carbocycles. The van der Waals surface area contributed by atoms with Gasteiger partial charge in [0.25, 0.3) is 0 Å². The highest BCUT2D eigenvalue weighted by Crippen LogP contribution is 2.24. The molecule has 0 fully saturated rings. The van der Waals surface area contributed by atoms with Crippen LogP contribution in [-0.2, 0) is 14.6 Å². The van der Waals surface area contributed by atoms with Gasteiger partial charge in [0.05, 0.1) is 15.9 Å². The van der Waals surface area contributed by atoms with E-state index in [-0.39, 0.29) is 16.9 Å². The molecule has 134 valence electrons. The predicted octanol–water partition coefficient (Wildman–Crippen LogP) is 3.91. The van der Waals surface area contributed by atoms with Crippen LogP contribution in [0.5, 0.6) is 0 Å². The van der Waals surface area contributed by atoms with Crippen LogP contribution in [0.15, 0.2) is 68.9 Å². The summed E-state index contributed by atoms with van der Waals surface area (Å²) in [6.07, 6.45) is 0.388. The molecule has 4 nitrogen and oxygen atoms in total. The van der Waals surface area contributed by atoms with Gasteiger partial charge >= 0.3 is 0 Å². The van der Waals surface area contributed by atoms with Crippen molar-refractivity contribution in [1.82, 2.24) is 5.32 Å².